The maximum atomic E-state index is 6.11. The molecule has 1 aromatic carbocycles. The fraction of sp³-hybridized carbons (Fsp3) is 0.667. The van der Waals surface area contributed by atoms with Crippen LogP contribution in [0.5, 0.6) is 5.75 Å². The molecule has 0 bridgehead atoms. The Morgan fingerprint density at radius 2 is 1.82 bits per heavy atom. The van der Waals surface area contributed by atoms with Gasteiger partial charge >= 0.3 is 0 Å². The molecule has 0 aliphatic carbocycles. The van der Waals surface area contributed by atoms with Crippen molar-refractivity contribution in [3.05, 3.63) is 28.3 Å². The van der Waals surface area contributed by atoms with E-state index in [0.29, 0.717) is 12.2 Å². The Labute approximate surface area is 139 Å². The summed E-state index contributed by atoms with van der Waals surface area (Å²) in [7, 11) is 0. The van der Waals surface area contributed by atoms with Crippen molar-refractivity contribution in [1.29, 1.82) is 0 Å². The van der Waals surface area contributed by atoms with E-state index in [0.717, 1.165) is 48.0 Å². The molecule has 1 aromatic rings. The number of quaternary nitrogens is 1. The highest BCUT2D eigenvalue weighted by Crippen LogP contribution is 2.27. The number of morpholine rings is 1. The molecule has 1 aliphatic heterocycles. The number of unbranched alkanes of at least 4 members (excludes halogenated alkanes) is 1. The minimum Gasteiger partial charge on any atom is -0.493 e. The number of ether oxygens (including phenoxy) is 2. The summed E-state index contributed by atoms with van der Waals surface area (Å²) in [4.78, 5) is 1.66. The number of hydrogen-bond acceptors (Lipinski definition) is 2. The number of halogens is 1. The van der Waals surface area contributed by atoms with Crippen molar-refractivity contribution < 1.29 is 14.4 Å². The Balaban J connectivity index is 1.68. The molecule has 2 rings (SSSR count). The molecule has 0 aromatic heterocycles. The monoisotopic (exact) mass is 326 g/mol. The van der Waals surface area contributed by atoms with Crippen molar-refractivity contribution >= 4 is 11.6 Å². The summed E-state index contributed by atoms with van der Waals surface area (Å²) in [6.07, 6.45) is 3.05. The normalized spacial score (nSPS) is 25.2. The summed E-state index contributed by atoms with van der Waals surface area (Å²) in [5, 5.41) is 0.809. The Kier molecular flexibility index (Phi) is 6.54. The Morgan fingerprint density at radius 1 is 1.14 bits per heavy atom. The third kappa shape index (κ3) is 4.87. The minimum absolute atomic E-state index is 0.384. The van der Waals surface area contributed by atoms with E-state index in [1.807, 2.05) is 19.1 Å². The zero-order valence-corrected chi connectivity index (χ0v) is 15.0. The number of hydrogen-bond donors (Lipinski definition) is 1. The van der Waals surface area contributed by atoms with Crippen LogP contribution in [0.15, 0.2) is 12.1 Å². The molecule has 3 nitrogen and oxygen atoms in total. The summed E-state index contributed by atoms with van der Waals surface area (Å²) < 4.78 is 11.7. The van der Waals surface area contributed by atoms with Crippen molar-refractivity contribution in [2.24, 2.45) is 0 Å². The zero-order chi connectivity index (χ0) is 16.1. The van der Waals surface area contributed by atoms with Gasteiger partial charge in [0.05, 0.1) is 13.2 Å². The quantitative estimate of drug-likeness (QED) is 0.812. The molecule has 0 radical (unpaired) electrons. The van der Waals surface area contributed by atoms with Gasteiger partial charge in [0, 0.05) is 5.02 Å². The number of nitrogens with one attached hydrogen (secondary N) is 1. The Hall–Kier alpha value is -0.770. The molecule has 22 heavy (non-hydrogen) atoms. The second-order valence-electron chi connectivity index (χ2n) is 6.52. The van der Waals surface area contributed by atoms with Gasteiger partial charge in [0.25, 0.3) is 0 Å². The van der Waals surface area contributed by atoms with Gasteiger partial charge in [0.1, 0.15) is 31.0 Å². The van der Waals surface area contributed by atoms with Crippen LogP contribution in [0.3, 0.4) is 0 Å². The summed E-state index contributed by atoms with van der Waals surface area (Å²) in [6.45, 7) is 12.7. The van der Waals surface area contributed by atoms with Crippen LogP contribution in [0.25, 0.3) is 0 Å². The molecule has 4 heteroatoms. The highest BCUT2D eigenvalue weighted by atomic mass is 35.5. The van der Waals surface area contributed by atoms with E-state index in [-0.39, 0.29) is 0 Å². The van der Waals surface area contributed by atoms with Crippen LogP contribution in [0.1, 0.15) is 37.8 Å². The molecule has 1 N–H and O–H groups in total. The van der Waals surface area contributed by atoms with Gasteiger partial charge in [-0.1, -0.05) is 11.6 Å². The lowest BCUT2D eigenvalue weighted by molar-refractivity contribution is -0.915. The summed E-state index contributed by atoms with van der Waals surface area (Å²) in [5.74, 6) is 0.961. The number of rotatable bonds is 6. The van der Waals surface area contributed by atoms with Gasteiger partial charge in [-0.3, -0.25) is 0 Å². The van der Waals surface area contributed by atoms with Crippen LogP contribution < -0.4 is 9.64 Å². The molecule has 1 unspecified atom stereocenters. The first-order valence-electron chi connectivity index (χ1n) is 8.35. The smallest absolute Gasteiger partial charge is 0.122 e. The Bertz CT molecular complexity index is 482. The molecule has 0 saturated carbocycles. The van der Waals surface area contributed by atoms with Crippen LogP contribution in [0.4, 0.5) is 0 Å². The fourth-order valence-electron chi connectivity index (χ4n) is 3.17. The summed E-state index contributed by atoms with van der Waals surface area (Å²) in [6, 6.07) is 3.89. The van der Waals surface area contributed by atoms with Crippen LogP contribution in [-0.2, 0) is 4.74 Å². The van der Waals surface area contributed by atoms with E-state index in [2.05, 4.69) is 20.8 Å². The van der Waals surface area contributed by atoms with E-state index in [1.165, 1.54) is 13.0 Å². The zero-order valence-electron chi connectivity index (χ0n) is 14.2. The molecule has 0 spiro atoms. The Morgan fingerprint density at radius 3 is 2.50 bits per heavy atom. The topological polar surface area (TPSA) is 22.9 Å². The van der Waals surface area contributed by atoms with Crippen LogP contribution in [-0.4, -0.2) is 38.4 Å². The lowest BCUT2D eigenvalue weighted by atomic mass is 10.1. The van der Waals surface area contributed by atoms with Gasteiger partial charge in [-0.25, -0.2) is 0 Å². The van der Waals surface area contributed by atoms with Crippen LogP contribution in [0.2, 0.25) is 5.02 Å². The van der Waals surface area contributed by atoms with E-state index in [4.69, 9.17) is 21.1 Å². The van der Waals surface area contributed by atoms with Crippen LogP contribution in [0, 0.1) is 13.8 Å². The second kappa shape index (κ2) is 8.19. The van der Waals surface area contributed by atoms with E-state index < -0.39 is 0 Å². The van der Waals surface area contributed by atoms with Gasteiger partial charge in [-0.15, -0.1) is 0 Å². The molecule has 124 valence electrons. The van der Waals surface area contributed by atoms with Crippen molar-refractivity contribution in [1.82, 2.24) is 0 Å². The third-order valence-electron chi connectivity index (χ3n) is 4.47. The first-order valence-corrected chi connectivity index (χ1v) is 8.72. The van der Waals surface area contributed by atoms with Gasteiger partial charge in [-0.05, 0) is 63.8 Å². The van der Waals surface area contributed by atoms with Crippen molar-refractivity contribution in [2.45, 2.75) is 52.7 Å². The minimum atomic E-state index is 0.384. The maximum absolute atomic E-state index is 6.11. The first kappa shape index (κ1) is 17.6. The van der Waals surface area contributed by atoms with E-state index in [9.17, 15) is 0 Å². The SMILES string of the molecule is Cc1c(Cl)ccc(OCCCC[NH+]2C[C@@H](C)O[C@@H](C)C2)c1C. The fourth-order valence-corrected chi connectivity index (χ4v) is 3.38. The molecule has 3 atom stereocenters. The molecule has 0 amide bonds. The van der Waals surface area contributed by atoms with Gasteiger partial charge in [-0.2, -0.15) is 0 Å². The molecule has 1 fully saturated rings. The lowest BCUT2D eigenvalue weighted by Crippen LogP contribution is -3.15. The largest absolute Gasteiger partial charge is 0.493 e. The summed E-state index contributed by atoms with van der Waals surface area (Å²) in [5.41, 5.74) is 2.26. The van der Waals surface area contributed by atoms with Gasteiger partial charge in [0.2, 0.25) is 0 Å². The highest BCUT2D eigenvalue weighted by Gasteiger charge is 2.24. The average molecular weight is 327 g/mol. The van der Waals surface area contributed by atoms with Crippen molar-refractivity contribution in [3.8, 4) is 5.75 Å². The van der Waals surface area contributed by atoms with E-state index in [1.54, 1.807) is 4.90 Å². The molecule has 1 aliphatic rings. The predicted molar refractivity (Wildman–Crippen MR) is 91.2 cm³/mol. The highest BCUT2D eigenvalue weighted by molar-refractivity contribution is 6.31. The molecule has 1 heterocycles. The summed E-state index contributed by atoms with van der Waals surface area (Å²) >= 11 is 6.11. The molecule has 1 saturated heterocycles. The molecular formula is C18H29ClNO2+. The third-order valence-corrected chi connectivity index (χ3v) is 4.88. The predicted octanol–water partition coefficient (Wildman–Crippen LogP) is 2.81. The van der Waals surface area contributed by atoms with Crippen molar-refractivity contribution in [2.75, 3.05) is 26.2 Å². The number of benzene rings is 1. The average Bonchev–Trinajstić information content (AvgIpc) is 2.45. The molecular weight excluding hydrogens is 298 g/mol. The first-order chi connectivity index (χ1) is 10.5. The van der Waals surface area contributed by atoms with Gasteiger partial charge < -0.3 is 14.4 Å². The lowest BCUT2D eigenvalue weighted by Gasteiger charge is -2.32. The maximum Gasteiger partial charge on any atom is 0.122 e. The standard InChI is InChI=1S/C18H28ClNO2/c1-13-11-20(12-14(2)22-13)9-5-6-10-21-18-8-7-17(19)15(3)16(18)4/h7-8,13-14H,5-6,9-12H2,1-4H3/p+1/t13-,14+. The van der Waals surface area contributed by atoms with Gasteiger partial charge in [0.15, 0.2) is 0 Å². The van der Waals surface area contributed by atoms with Crippen LogP contribution >= 0.6 is 11.6 Å². The van der Waals surface area contributed by atoms with Crippen molar-refractivity contribution in [3.63, 3.8) is 0 Å². The second-order valence-corrected chi connectivity index (χ2v) is 6.92. The van der Waals surface area contributed by atoms with E-state index >= 15 is 0 Å².